The quantitative estimate of drug-likeness (QED) is 0.574. The fourth-order valence-corrected chi connectivity index (χ4v) is 1.64. The van der Waals surface area contributed by atoms with Gasteiger partial charge in [-0.1, -0.05) is 5.21 Å². The summed E-state index contributed by atoms with van der Waals surface area (Å²) in [7, 11) is 0. The summed E-state index contributed by atoms with van der Waals surface area (Å²) in [6.07, 6.45) is 4.74. The van der Waals surface area contributed by atoms with Crippen LogP contribution in [0, 0.1) is 0 Å². The van der Waals surface area contributed by atoms with Crippen LogP contribution in [-0.4, -0.2) is 42.1 Å². The Morgan fingerprint density at radius 3 is 3.00 bits per heavy atom. The van der Waals surface area contributed by atoms with Gasteiger partial charge in [-0.15, -0.1) is 5.10 Å². The number of nitrogens with one attached hydrogen (secondary N) is 3. The Balaban J connectivity index is 1.78. The molecule has 4 N–H and O–H groups in total. The maximum absolute atomic E-state index is 11.7. The van der Waals surface area contributed by atoms with Gasteiger partial charge in [0.05, 0.1) is 18.8 Å². The maximum atomic E-state index is 11.7. The van der Waals surface area contributed by atoms with Gasteiger partial charge in [0.25, 0.3) is 0 Å². The van der Waals surface area contributed by atoms with Gasteiger partial charge in [-0.2, -0.15) is 0 Å². The first-order valence-corrected chi connectivity index (χ1v) is 6.19. The first-order chi connectivity index (χ1) is 10.0. The van der Waals surface area contributed by atoms with E-state index >= 15 is 0 Å². The average Bonchev–Trinajstić information content (AvgIpc) is 3.06. The number of carbonyl (C=O) groups is 2. The molecule has 2 heterocycles. The number of hydrogen-bond acceptors (Lipinski definition) is 5. The third-order valence-corrected chi connectivity index (χ3v) is 2.59. The van der Waals surface area contributed by atoms with Crippen LogP contribution in [0.1, 0.15) is 24.5 Å². The van der Waals surface area contributed by atoms with Crippen LogP contribution < -0.4 is 10.6 Å². The Bertz CT molecular complexity index is 607. The summed E-state index contributed by atoms with van der Waals surface area (Å²) >= 11 is 0. The van der Waals surface area contributed by atoms with Crippen molar-refractivity contribution in [2.75, 3.05) is 0 Å². The van der Waals surface area contributed by atoms with E-state index in [1.54, 1.807) is 19.3 Å². The molecule has 2 rings (SSSR count). The van der Waals surface area contributed by atoms with E-state index in [4.69, 9.17) is 5.11 Å². The molecule has 21 heavy (non-hydrogen) atoms. The summed E-state index contributed by atoms with van der Waals surface area (Å²) in [5, 5.41) is 21.3. The van der Waals surface area contributed by atoms with Crippen LogP contribution in [0.2, 0.25) is 0 Å². The number of aromatic nitrogens is 5. The average molecular weight is 293 g/mol. The van der Waals surface area contributed by atoms with E-state index in [9.17, 15) is 9.59 Å². The highest BCUT2D eigenvalue weighted by Gasteiger charge is 2.11. The second-order valence-electron chi connectivity index (χ2n) is 4.32. The van der Waals surface area contributed by atoms with E-state index in [2.05, 4.69) is 30.9 Å². The van der Waals surface area contributed by atoms with Gasteiger partial charge in [0.15, 0.2) is 0 Å². The zero-order valence-electron chi connectivity index (χ0n) is 11.3. The molecular weight excluding hydrogens is 278 g/mol. The predicted octanol–water partition coefficient (Wildman–Crippen LogP) is -0.354. The van der Waals surface area contributed by atoms with Crippen molar-refractivity contribution in [1.29, 1.82) is 0 Å². The Hall–Kier alpha value is -2.91. The van der Waals surface area contributed by atoms with E-state index in [1.165, 1.54) is 10.9 Å². The van der Waals surface area contributed by atoms with Crippen LogP contribution in [-0.2, 0) is 17.9 Å². The second kappa shape index (κ2) is 6.50. The molecule has 2 aromatic heterocycles. The number of imidazole rings is 1. The van der Waals surface area contributed by atoms with E-state index in [0.717, 1.165) is 0 Å². The normalized spacial score (nSPS) is 11.9. The Morgan fingerprint density at radius 2 is 2.33 bits per heavy atom. The molecular formula is C11H15N7O3. The van der Waals surface area contributed by atoms with E-state index in [0.29, 0.717) is 11.5 Å². The summed E-state index contributed by atoms with van der Waals surface area (Å²) in [6.45, 7) is 1.67. The third kappa shape index (κ3) is 4.30. The summed E-state index contributed by atoms with van der Waals surface area (Å²) in [4.78, 5) is 29.1. The zero-order valence-corrected chi connectivity index (χ0v) is 11.3. The summed E-state index contributed by atoms with van der Waals surface area (Å²) in [5.74, 6) is -0.359. The number of hydrogen-bond donors (Lipinski definition) is 4. The summed E-state index contributed by atoms with van der Waals surface area (Å²) in [5.41, 5.74) is 0.469. The van der Waals surface area contributed by atoms with E-state index in [1.807, 2.05) is 0 Å². The molecule has 10 nitrogen and oxygen atoms in total. The topological polar surface area (TPSA) is 138 Å². The minimum atomic E-state index is -1.01. The van der Waals surface area contributed by atoms with Gasteiger partial charge < -0.3 is 20.7 Å². The number of carboxylic acids is 1. The Morgan fingerprint density at radius 1 is 1.52 bits per heavy atom. The highest BCUT2D eigenvalue weighted by molar-refractivity contribution is 5.74. The monoisotopic (exact) mass is 293 g/mol. The molecule has 0 radical (unpaired) electrons. The lowest BCUT2D eigenvalue weighted by Gasteiger charge is -2.11. The van der Waals surface area contributed by atoms with Gasteiger partial charge in [0.1, 0.15) is 18.1 Å². The number of rotatable bonds is 6. The molecule has 0 saturated carbocycles. The molecule has 1 atom stereocenters. The maximum Gasteiger partial charge on any atom is 0.325 e. The third-order valence-electron chi connectivity index (χ3n) is 2.59. The molecule has 2 aromatic rings. The van der Waals surface area contributed by atoms with Crippen LogP contribution in [0.4, 0.5) is 4.79 Å². The summed E-state index contributed by atoms with van der Waals surface area (Å²) < 4.78 is 1.18. The van der Waals surface area contributed by atoms with E-state index in [-0.39, 0.29) is 25.2 Å². The molecule has 2 amide bonds. The van der Waals surface area contributed by atoms with Crippen molar-refractivity contribution >= 4 is 12.0 Å². The molecule has 0 aliphatic rings. The fraction of sp³-hybridized carbons (Fsp3) is 0.364. The van der Waals surface area contributed by atoms with Gasteiger partial charge in [0, 0.05) is 12.4 Å². The van der Waals surface area contributed by atoms with Crippen LogP contribution in [0.3, 0.4) is 0 Å². The number of urea groups is 1. The lowest BCUT2D eigenvalue weighted by molar-refractivity contribution is -0.137. The number of H-pyrrole nitrogens is 1. The Labute approximate surface area is 119 Å². The molecule has 0 aliphatic heterocycles. The van der Waals surface area contributed by atoms with Crippen molar-refractivity contribution in [1.82, 2.24) is 35.6 Å². The lowest BCUT2D eigenvalue weighted by Crippen LogP contribution is -2.37. The largest absolute Gasteiger partial charge is 0.480 e. The number of aliphatic carboxylic acids is 1. The van der Waals surface area contributed by atoms with Crippen LogP contribution in [0.5, 0.6) is 0 Å². The molecule has 0 fully saturated rings. The molecule has 0 saturated heterocycles. The van der Waals surface area contributed by atoms with Crippen molar-refractivity contribution < 1.29 is 14.7 Å². The molecule has 0 bridgehead atoms. The molecule has 0 aromatic carbocycles. The SMILES string of the molecule is CC(NC(=O)NCc1cn(CC(=O)O)nn1)c1ncc[nH]1. The van der Waals surface area contributed by atoms with Gasteiger partial charge in [-0.05, 0) is 6.92 Å². The minimum Gasteiger partial charge on any atom is -0.480 e. The smallest absolute Gasteiger partial charge is 0.325 e. The van der Waals surface area contributed by atoms with Crippen LogP contribution in [0.15, 0.2) is 18.6 Å². The Kier molecular flexibility index (Phi) is 4.49. The number of aromatic amines is 1. The standard InChI is InChI=1S/C11H15N7O3/c1-7(10-12-2-3-13-10)15-11(21)14-4-8-5-18(17-16-8)6-9(19)20/h2-3,5,7H,4,6H2,1H3,(H,12,13)(H,19,20)(H2,14,15,21). The van der Waals surface area contributed by atoms with E-state index < -0.39 is 5.97 Å². The molecule has 0 spiro atoms. The van der Waals surface area contributed by atoms with Crippen LogP contribution >= 0.6 is 0 Å². The number of nitrogens with zero attached hydrogens (tertiary/aromatic N) is 4. The van der Waals surface area contributed by atoms with Crippen molar-refractivity contribution in [3.05, 3.63) is 30.1 Å². The van der Waals surface area contributed by atoms with Gasteiger partial charge >= 0.3 is 12.0 Å². The van der Waals surface area contributed by atoms with Gasteiger partial charge in [-0.25, -0.2) is 14.5 Å². The van der Waals surface area contributed by atoms with Gasteiger partial charge in [-0.3, -0.25) is 4.79 Å². The fourth-order valence-electron chi connectivity index (χ4n) is 1.64. The molecule has 1 unspecified atom stereocenters. The van der Waals surface area contributed by atoms with Crippen molar-refractivity contribution in [2.45, 2.75) is 26.1 Å². The van der Waals surface area contributed by atoms with Gasteiger partial charge in [0.2, 0.25) is 0 Å². The highest BCUT2D eigenvalue weighted by Crippen LogP contribution is 2.04. The molecule has 112 valence electrons. The second-order valence-corrected chi connectivity index (χ2v) is 4.32. The number of carbonyl (C=O) groups excluding carboxylic acids is 1. The van der Waals surface area contributed by atoms with Crippen LogP contribution in [0.25, 0.3) is 0 Å². The predicted molar refractivity (Wildman–Crippen MR) is 70.0 cm³/mol. The molecule has 10 heteroatoms. The molecule has 0 aliphatic carbocycles. The number of carboxylic acid groups (broad SMARTS) is 1. The number of amides is 2. The van der Waals surface area contributed by atoms with Crippen molar-refractivity contribution in [3.8, 4) is 0 Å². The lowest BCUT2D eigenvalue weighted by atomic mass is 10.3. The summed E-state index contributed by atoms with van der Waals surface area (Å²) in [6, 6.07) is -0.644. The first kappa shape index (κ1) is 14.5. The van der Waals surface area contributed by atoms with Crippen molar-refractivity contribution in [2.24, 2.45) is 0 Å². The highest BCUT2D eigenvalue weighted by atomic mass is 16.4. The minimum absolute atomic E-state index is 0.149. The van der Waals surface area contributed by atoms with Crippen molar-refractivity contribution in [3.63, 3.8) is 0 Å². The first-order valence-electron chi connectivity index (χ1n) is 6.19. The zero-order chi connectivity index (χ0) is 15.2.